The second kappa shape index (κ2) is 6.45. The van der Waals surface area contributed by atoms with Crippen molar-refractivity contribution in [1.29, 1.82) is 0 Å². The second-order valence-electron chi connectivity index (χ2n) is 6.87. The Labute approximate surface area is 144 Å². The van der Waals surface area contributed by atoms with Crippen LogP contribution in [0, 0.1) is 0 Å². The summed E-state index contributed by atoms with van der Waals surface area (Å²) < 4.78 is 37.8. The van der Waals surface area contributed by atoms with E-state index in [1.807, 2.05) is 0 Å². The van der Waals surface area contributed by atoms with Gasteiger partial charge in [-0.3, -0.25) is 4.90 Å². The van der Waals surface area contributed by atoms with Crippen LogP contribution < -0.4 is 5.73 Å². The quantitative estimate of drug-likeness (QED) is 0.818. The summed E-state index contributed by atoms with van der Waals surface area (Å²) in [5, 5.41) is 0. The molecule has 2 N–H and O–H groups in total. The molecular weight excluding hydrogens is 336 g/mol. The van der Waals surface area contributed by atoms with Crippen LogP contribution in [0.1, 0.15) is 49.3 Å². The number of methoxy groups -OCH3 is 1. The molecule has 9 heteroatoms. The van der Waals surface area contributed by atoms with Crippen molar-refractivity contribution in [3.8, 4) is 0 Å². The zero-order valence-electron chi connectivity index (χ0n) is 14.5. The van der Waals surface area contributed by atoms with Crippen LogP contribution in [0.5, 0.6) is 0 Å². The molecule has 0 spiro atoms. The molecule has 0 aliphatic carbocycles. The average molecular weight is 357 g/mol. The number of pyridine rings is 1. The Bertz CT molecular complexity index is 688. The Hall–Kier alpha value is -2.45. The van der Waals surface area contributed by atoms with E-state index in [9.17, 15) is 18.4 Å². The largest absolute Gasteiger partial charge is 0.464 e. The Morgan fingerprint density at radius 3 is 2.60 bits per heavy atom. The first-order valence-electron chi connectivity index (χ1n) is 7.65. The molecular formula is C16H21F2N3O4. The smallest absolute Gasteiger partial charge is 0.411 e. The third-order valence-electron chi connectivity index (χ3n) is 3.62. The minimum Gasteiger partial charge on any atom is -0.464 e. The van der Waals surface area contributed by atoms with Crippen LogP contribution in [-0.4, -0.2) is 47.1 Å². The molecule has 1 unspecified atom stereocenters. The lowest BCUT2D eigenvalue weighted by Crippen LogP contribution is -2.38. The first kappa shape index (κ1) is 18.9. The number of ether oxygens (including phenoxy) is 2. The third-order valence-corrected chi connectivity index (χ3v) is 3.62. The lowest BCUT2D eigenvalue weighted by molar-refractivity contribution is -0.00243. The molecule has 1 amide bonds. The van der Waals surface area contributed by atoms with Gasteiger partial charge in [-0.2, -0.15) is 0 Å². The van der Waals surface area contributed by atoms with E-state index in [0.717, 1.165) is 4.90 Å². The topological polar surface area (TPSA) is 94.8 Å². The minimum atomic E-state index is -3.09. The number of nitrogens with zero attached hydrogens (tertiary/aromatic N) is 2. The van der Waals surface area contributed by atoms with Gasteiger partial charge in [-0.25, -0.2) is 23.4 Å². The fourth-order valence-corrected chi connectivity index (χ4v) is 2.59. The number of nitrogen functional groups attached to an aromatic ring is 1. The summed E-state index contributed by atoms with van der Waals surface area (Å²) in [5.41, 5.74) is 5.25. The van der Waals surface area contributed by atoms with Gasteiger partial charge in [0.15, 0.2) is 0 Å². The first-order chi connectivity index (χ1) is 11.4. The highest BCUT2D eigenvalue weighted by molar-refractivity contribution is 5.87. The van der Waals surface area contributed by atoms with E-state index in [-0.39, 0.29) is 16.9 Å². The van der Waals surface area contributed by atoms with Crippen molar-refractivity contribution in [2.45, 2.75) is 44.8 Å². The van der Waals surface area contributed by atoms with Crippen molar-refractivity contribution in [3.05, 3.63) is 23.5 Å². The van der Waals surface area contributed by atoms with Gasteiger partial charge >= 0.3 is 12.1 Å². The van der Waals surface area contributed by atoms with Crippen LogP contribution in [0.3, 0.4) is 0 Å². The number of carbonyl (C=O) groups excluding carboxylic acids is 2. The zero-order valence-corrected chi connectivity index (χ0v) is 14.5. The SMILES string of the molecule is COC(=O)c1cc(C2CC(F)(F)CN2C(=O)OC(C)(C)C)c(N)cn1. The van der Waals surface area contributed by atoms with Gasteiger partial charge in [0, 0.05) is 12.0 Å². The Balaban J connectivity index is 2.40. The van der Waals surface area contributed by atoms with Crippen molar-refractivity contribution in [3.63, 3.8) is 0 Å². The van der Waals surface area contributed by atoms with Crippen molar-refractivity contribution >= 4 is 17.7 Å². The maximum atomic E-state index is 14.0. The van der Waals surface area contributed by atoms with Gasteiger partial charge in [-0.05, 0) is 26.8 Å². The number of esters is 1. The molecule has 138 valence electrons. The Kier molecular flexibility index (Phi) is 4.87. The summed E-state index contributed by atoms with van der Waals surface area (Å²) in [4.78, 5) is 28.7. The Morgan fingerprint density at radius 2 is 2.04 bits per heavy atom. The molecule has 0 aromatic carbocycles. The number of nitrogens with two attached hydrogens (primary N) is 1. The Morgan fingerprint density at radius 1 is 1.40 bits per heavy atom. The van der Waals surface area contributed by atoms with Crippen molar-refractivity contribution in [2.75, 3.05) is 19.4 Å². The molecule has 1 aliphatic heterocycles. The number of anilines is 1. The maximum absolute atomic E-state index is 14.0. The summed E-state index contributed by atoms with van der Waals surface area (Å²) in [5.74, 6) is -3.82. The van der Waals surface area contributed by atoms with Gasteiger partial charge in [0.05, 0.1) is 31.6 Å². The molecule has 1 aromatic rings. The standard InChI is InChI=1S/C16H21F2N3O4/c1-15(2,3)25-14(23)21-8-16(17,18)6-12(21)9-5-11(13(22)24-4)20-7-10(9)19/h5,7,12H,6,8,19H2,1-4H3. The number of likely N-dealkylation sites (tertiary alicyclic amines) is 1. The minimum absolute atomic E-state index is 0.0777. The van der Waals surface area contributed by atoms with E-state index in [0.29, 0.717) is 0 Å². The highest BCUT2D eigenvalue weighted by atomic mass is 19.3. The molecule has 1 fully saturated rings. The fraction of sp³-hybridized carbons (Fsp3) is 0.562. The number of alkyl halides is 2. The van der Waals surface area contributed by atoms with Gasteiger partial charge < -0.3 is 15.2 Å². The van der Waals surface area contributed by atoms with Crippen LogP contribution in [0.25, 0.3) is 0 Å². The molecule has 7 nitrogen and oxygen atoms in total. The van der Waals surface area contributed by atoms with E-state index >= 15 is 0 Å². The third kappa shape index (κ3) is 4.34. The van der Waals surface area contributed by atoms with Crippen molar-refractivity contribution < 1.29 is 27.8 Å². The molecule has 1 saturated heterocycles. The van der Waals surface area contributed by atoms with Gasteiger partial charge in [-0.15, -0.1) is 0 Å². The summed E-state index contributed by atoms with van der Waals surface area (Å²) in [6.45, 7) is 4.14. The second-order valence-corrected chi connectivity index (χ2v) is 6.87. The summed E-state index contributed by atoms with van der Waals surface area (Å²) in [7, 11) is 1.18. The lowest BCUT2D eigenvalue weighted by Gasteiger charge is -2.28. The predicted octanol–water partition coefficient (Wildman–Crippen LogP) is 2.77. The molecule has 0 saturated carbocycles. The van der Waals surface area contributed by atoms with E-state index in [1.165, 1.54) is 19.4 Å². The maximum Gasteiger partial charge on any atom is 0.411 e. The number of hydrogen-bond acceptors (Lipinski definition) is 6. The molecule has 25 heavy (non-hydrogen) atoms. The number of amides is 1. The van der Waals surface area contributed by atoms with Crippen LogP contribution in [0.2, 0.25) is 0 Å². The summed E-state index contributed by atoms with van der Waals surface area (Å²) in [6.07, 6.45) is -0.308. The number of aromatic nitrogens is 1. The van der Waals surface area contributed by atoms with Gasteiger partial charge in [0.1, 0.15) is 11.3 Å². The average Bonchev–Trinajstić information content (AvgIpc) is 2.81. The van der Waals surface area contributed by atoms with Crippen LogP contribution in [-0.2, 0) is 9.47 Å². The van der Waals surface area contributed by atoms with E-state index in [4.69, 9.17) is 10.5 Å². The first-order valence-corrected chi connectivity index (χ1v) is 7.65. The number of carbonyl (C=O) groups is 2. The normalized spacial score (nSPS) is 19.6. The lowest BCUT2D eigenvalue weighted by atomic mass is 10.0. The number of halogens is 2. The zero-order chi connectivity index (χ0) is 19.0. The van der Waals surface area contributed by atoms with Gasteiger partial charge in [-0.1, -0.05) is 0 Å². The predicted molar refractivity (Wildman–Crippen MR) is 85.2 cm³/mol. The van der Waals surface area contributed by atoms with E-state index < -0.39 is 42.6 Å². The number of hydrogen-bond donors (Lipinski definition) is 1. The van der Waals surface area contributed by atoms with E-state index in [2.05, 4.69) is 9.72 Å². The molecule has 1 aromatic heterocycles. The van der Waals surface area contributed by atoms with Gasteiger partial charge in [0.2, 0.25) is 0 Å². The van der Waals surface area contributed by atoms with Crippen molar-refractivity contribution in [2.24, 2.45) is 0 Å². The van der Waals surface area contributed by atoms with Crippen molar-refractivity contribution in [1.82, 2.24) is 9.88 Å². The monoisotopic (exact) mass is 357 g/mol. The molecule has 2 rings (SSSR count). The summed E-state index contributed by atoms with van der Waals surface area (Å²) in [6, 6.07) is 0.237. The molecule has 1 aliphatic rings. The molecule has 0 bridgehead atoms. The van der Waals surface area contributed by atoms with Crippen LogP contribution in [0.4, 0.5) is 19.3 Å². The highest BCUT2D eigenvalue weighted by Crippen LogP contribution is 2.43. The van der Waals surface area contributed by atoms with Crippen LogP contribution >= 0.6 is 0 Å². The molecule has 2 heterocycles. The van der Waals surface area contributed by atoms with Crippen LogP contribution in [0.15, 0.2) is 12.3 Å². The van der Waals surface area contributed by atoms with Gasteiger partial charge in [0.25, 0.3) is 5.92 Å². The fourth-order valence-electron chi connectivity index (χ4n) is 2.59. The van der Waals surface area contributed by atoms with E-state index in [1.54, 1.807) is 20.8 Å². The highest BCUT2D eigenvalue weighted by Gasteiger charge is 2.49. The molecule has 0 radical (unpaired) electrons. The molecule has 1 atom stereocenters. The number of rotatable bonds is 2. The summed E-state index contributed by atoms with van der Waals surface area (Å²) >= 11 is 0.